The number of aromatic carboxylic acids is 1. The molecule has 2 saturated heterocycles. The third-order valence-corrected chi connectivity index (χ3v) is 3.22. The molecule has 0 amide bonds. The summed E-state index contributed by atoms with van der Waals surface area (Å²) in [6.45, 7) is 1.41. The number of hydrogen-bond acceptors (Lipinski definition) is 5. The van der Waals surface area contributed by atoms with Gasteiger partial charge in [0.15, 0.2) is 11.5 Å². The van der Waals surface area contributed by atoms with Crippen molar-refractivity contribution in [3.05, 3.63) is 18.1 Å². The molecule has 17 heavy (non-hydrogen) atoms. The predicted molar refractivity (Wildman–Crippen MR) is 59.1 cm³/mol. The van der Waals surface area contributed by atoms with Crippen LogP contribution >= 0.6 is 0 Å². The van der Waals surface area contributed by atoms with Crippen LogP contribution in [0.25, 0.3) is 0 Å². The molecule has 2 fully saturated rings. The molecular weight excluding hydrogens is 222 g/mol. The first-order chi connectivity index (χ1) is 8.24. The van der Waals surface area contributed by atoms with E-state index in [1.807, 2.05) is 4.90 Å². The van der Waals surface area contributed by atoms with Gasteiger partial charge in [0.25, 0.3) is 0 Å². The molecular formula is C11H13N3O3. The number of ether oxygens (including phenoxy) is 1. The molecule has 1 aromatic rings. The Morgan fingerprint density at radius 2 is 1.94 bits per heavy atom. The third kappa shape index (κ3) is 1.84. The Morgan fingerprint density at radius 1 is 1.29 bits per heavy atom. The second kappa shape index (κ2) is 3.96. The first-order valence-electron chi connectivity index (χ1n) is 5.69. The Labute approximate surface area is 98.2 Å². The van der Waals surface area contributed by atoms with E-state index in [0.29, 0.717) is 18.9 Å². The number of hydrogen-bond donors (Lipinski definition) is 1. The van der Waals surface area contributed by atoms with Gasteiger partial charge in [0.05, 0.1) is 12.2 Å². The van der Waals surface area contributed by atoms with Gasteiger partial charge in [0.1, 0.15) is 0 Å². The molecule has 0 saturated carbocycles. The average Bonchev–Trinajstić information content (AvgIpc) is 2.68. The van der Waals surface area contributed by atoms with E-state index in [1.165, 1.54) is 12.4 Å². The SMILES string of the molecule is O=C(O)c1nccnc1N1CC2CCC(C1)O2. The summed E-state index contributed by atoms with van der Waals surface area (Å²) in [7, 11) is 0. The molecule has 6 heteroatoms. The van der Waals surface area contributed by atoms with Gasteiger partial charge in [-0.15, -0.1) is 0 Å². The molecule has 2 atom stereocenters. The van der Waals surface area contributed by atoms with Gasteiger partial charge in [-0.05, 0) is 12.8 Å². The van der Waals surface area contributed by atoms with Crippen molar-refractivity contribution in [3.63, 3.8) is 0 Å². The first kappa shape index (κ1) is 10.5. The topological polar surface area (TPSA) is 75.5 Å². The maximum atomic E-state index is 11.1. The minimum atomic E-state index is -1.04. The highest BCUT2D eigenvalue weighted by molar-refractivity contribution is 5.90. The molecule has 2 bridgehead atoms. The first-order valence-corrected chi connectivity index (χ1v) is 5.69. The number of rotatable bonds is 2. The van der Waals surface area contributed by atoms with Gasteiger partial charge >= 0.3 is 5.97 Å². The molecule has 0 spiro atoms. The minimum absolute atomic E-state index is 0.0220. The average molecular weight is 235 g/mol. The lowest BCUT2D eigenvalue weighted by atomic mass is 10.2. The van der Waals surface area contributed by atoms with E-state index in [1.54, 1.807) is 0 Å². The quantitative estimate of drug-likeness (QED) is 0.806. The summed E-state index contributed by atoms with van der Waals surface area (Å²) in [6, 6.07) is 0. The third-order valence-electron chi connectivity index (χ3n) is 3.22. The summed E-state index contributed by atoms with van der Waals surface area (Å²) in [5.74, 6) is -0.577. The van der Waals surface area contributed by atoms with Crippen molar-refractivity contribution in [1.82, 2.24) is 9.97 Å². The summed E-state index contributed by atoms with van der Waals surface area (Å²) in [5, 5.41) is 9.08. The van der Waals surface area contributed by atoms with Crippen LogP contribution in [-0.2, 0) is 4.74 Å². The van der Waals surface area contributed by atoms with Crippen LogP contribution in [0.15, 0.2) is 12.4 Å². The number of fused-ring (bicyclic) bond motifs is 2. The Balaban J connectivity index is 1.91. The van der Waals surface area contributed by atoms with Gasteiger partial charge in [-0.3, -0.25) is 0 Å². The lowest BCUT2D eigenvalue weighted by Crippen LogP contribution is -2.43. The van der Waals surface area contributed by atoms with Gasteiger partial charge < -0.3 is 14.7 Å². The number of nitrogens with zero attached hydrogens (tertiary/aromatic N) is 3. The van der Waals surface area contributed by atoms with E-state index >= 15 is 0 Å². The van der Waals surface area contributed by atoms with Crippen LogP contribution < -0.4 is 4.90 Å². The summed E-state index contributed by atoms with van der Waals surface area (Å²) < 4.78 is 5.71. The van der Waals surface area contributed by atoms with Gasteiger partial charge in [-0.2, -0.15) is 0 Å². The Hall–Kier alpha value is -1.69. The van der Waals surface area contributed by atoms with Gasteiger partial charge in [0.2, 0.25) is 0 Å². The Kier molecular flexibility index (Phi) is 2.44. The van der Waals surface area contributed by atoms with Crippen LogP contribution in [0.4, 0.5) is 5.82 Å². The van der Waals surface area contributed by atoms with Crippen molar-refractivity contribution in [2.45, 2.75) is 25.0 Å². The van der Waals surface area contributed by atoms with E-state index < -0.39 is 5.97 Å². The van der Waals surface area contributed by atoms with Crippen LogP contribution in [0.1, 0.15) is 23.3 Å². The van der Waals surface area contributed by atoms with Crippen LogP contribution in [0.2, 0.25) is 0 Å². The molecule has 3 rings (SSSR count). The summed E-state index contributed by atoms with van der Waals surface area (Å²) in [4.78, 5) is 21.1. The molecule has 1 aromatic heterocycles. The molecule has 2 aliphatic rings. The maximum Gasteiger partial charge on any atom is 0.358 e. The maximum absolute atomic E-state index is 11.1. The van der Waals surface area contributed by atoms with Crippen molar-refractivity contribution in [1.29, 1.82) is 0 Å². The summed E-state index contributed by atoms with van der Waals surface area (Å²) in [5.41, 5.74) is 0.0220. The minimum Gasteiger partial charge on any atom is -0.476 e. The largest absolute Gasteiger partial charge is 0.476 e. The molecule has 2 aliphatic heterocycles. The zero-order valence-electron chi connectivity index (χ0n) is 9.24. The van der Waals surface area contributed by atoms with Crippen LogP contribution in [0.5, 0.6) is 0 Å². The highest BCUT2D eigenvalue weighted by Crippen LogP contribution is 2.29. The molecule has 90 valence electrons. The number of carboxylic acids is 1. The zero-order valence-corrected chi connectivity index (χ0v) is 9.24. The normalized spacial score (nSPS) is 27.2. The molecule has 3 heterocycles. The number of aromatic nitrogens is 2. The van der Waals surface area contributed by atoms with Crippen LogP contribution in [0, 0.1) is 0 Å². The van der Waals surface area contributed by atoms with E-state index in [-0.39, 0.29) is 17.9 Å². The van der Waals surface area contributed by atoms with Gasteiger partial charge in [-0.1, -0.05) is 0 Å². The molecule has 0 aromatic carbocycles. The summed E-state index contributed by atoms with van der Waals surface area (Å²) >= 11 is 0. The highest BCUT2D eigenvalue weighted by atomic mass is 16.5. The van der Waals surface area contributed by atoms with Crippen LogP contribution in [0.3, 0.4) is 0 Å². The second-order valence-electron chi connectivity index (χ2n) is 4.40. The number of carbonyl (C=O) groups is 1. The fraction of sp³-hybridized carbons (Fsp3) is 0.545. The molecule has 0 radical (unpaired) electrons. The molecule has 2 unspecified atom stereocenters. The lowest BCUT2D eigenvalue weighted by Gasteiger charge is -2.33. The van der Waals surface area contributed by atoms with Crippen LogP contribution in [-0.4, -0.2) is 46.3 Å². The smallest absolute Gasteiger partial charge is 0.358 e. The monoisotopic (exact) mass is 235 g/mol. The fourth-order valence-corrected chi connectivity index (χ4v) is 2.50. The Morgan fingerprint density at radius 3 is 2.59 bits per heavy atom. The second-order valence-corrected chi connectivity index (χ2v) is 4.40. The zero-order chi connectivity index (χ0) is 11.8. The Bertz CT molecular complexity index is 439. The van der Waals surface area contributed by atoms with Crippen molar-refractivity contribution in [2.24, 2.45) is 0 Å². The van der Waals surface area contributed by atoms with E-state index in [0.717, 1.165) is 12.8 Å². The standard InChI is InChI=1S/C11H13N3O3/c15-11(16)9-10(13-4-3-12-9)14-5-7-1-2-8(6-14)17-7/h3-4,7-8H,1-2,5-6H2,(H,15,16). The molecule has 0 aliphatic carbocycles. The number of anilines is 1. The fourth-order valence-electron chi connectivity index (χ4n) is 2.50. The lowest BCUT2D eigenvalue weighted by molar-refractivity contribution is 0.0300. The highest BCUT2D eigenvalue weighted by Gasteiger charge is 2.35. The number of morpholine rings is 1. The molecule has 6 nitrogen and oxygen atoms in total. The van der Waals surface area contributed by atoms with Crippen molar-refractivity contribution in [3.8, 4) is 0 Å². The van der Waals surface area contributed by atoms with E-state index in [2.05, 4.69) is 9.97 Å². The van der Waals surface area contributed by atoms with E-state index in [9.17, 15) is 4.79 Å². The molecule has 1 N–H and O–H groups in total. The van der Waals surface area contributed by atoms with Crippen molar-refractivity contribution in [2.75, 3.05) is 18.0 Å². The number of carboxylic acid groups (broad SMARTS) is 1. The van der Waals surface area contributed by atoms with Gasteiger partial charge in [-0.25, -0.2) is 14.8 Å². The van der Waals surface area contributed by atoms with Crippen molar-refractivity contribution < 1.29 is 14.6 Å². The van der Waals surface area contributed by atoms with Gasteiger partial charge in [0, 0.05) is 25.5 Å². The summed E-state index contributed by atoms with van der Waals surface area (Å²) in [6.07, 6.45) is 5.43. The van der Waals surface area contributed by atoms with Crippen molar-refractivity contribution >= 4 is 11.8 Å². The van der Waals surface area contributed by atoms with E-state index in [4.69, 9.17) is 9.84 Å². The predicted octanol–water partition coefficient (Wildman–Crippen LogP) is 0.542.